The predicted octanol–water partition coefficient (Wildman–Crippen LogP) is 2.93. The van der Waals surface area contributed by atoms with Gasteiger partial charge < -0.3 is 10.1 Å². The zero-order valence-electron chi connectivity index (χ0n) is 11.4. The number of aryl methyl sites for hydroxylation is 1. The number of pyridine rings is 1. The van der Waals surface area contributed by atoms with Crippen LogP contribution in [0.25, 0.3) is 0 Å². The number of hydrogen-bond donors (Lipinski definition) is 1. The summed E-state index contributed by atoms with van der Waals surface area (Å²) in [5.74, 6) is 0.756. The minimum absolute atomic E-state index is 0.494. The monoisotopic (exact) mass is 236 g/mol. The van der Waals surface area contributed by atoms with Crippen LogP contribution < -0.4 is 10.1 Å². The summed E-state index contributed by atoms with van der Waals surface area (Å²) < 4.78 is 5.61. The lowest BCUT2D eigenvalue weighted by atomic mass is 10.2. The van der Waals surface area contributed by atoms with Crippen molar-refractivity contribution in [2.24, 2.45) is 0 Å². The number of aromatic nitrogens is 1. The summed E-state index contributed by atoms with van der Waals surface area (Å²) >= 11 is 0. The fourth-order valence-corrected chi connectivity index (χ4v) is 1.51. The Balaban J connectivity index is 2.73. The van der Waals surface area contributed by atoms with E-state index in [9.17, 15) is 0 Å². The Morgan fingerprint density at radius 2 is 2.06 bits per heavy atom. The molecule has 0 aliphatic heterocycles. The van der Waals surface area contributed by atoms with Crippen molar-refractivity contribution >= 4 is 0 Å². The van der Waals surface area contributed by atoms with Crippen molar-refractivity contribution in [3.05, 3.63) is 23.4 Å². The molecule has 0 unspecified atom stereocenters. The van der Waals surface area contributed by atoms with Gasteiger partial charge in [-0.15, -0.1) is 0 Å². The molecule has 0 amide bonds. The zero-order chi connectivity index (χ0) is 12.7. The minimum Gasteiger partial charge on any atom is -0.478 e. The van der Waals surface area contributed by atoms with Gasteiger partial charge >= 0.3 is 0 Å². The van der Waals surface area contributed by atoms with Gasteiger partial charge in [0.2, 0.25) is 5.88 Å². The van der Waals surface area contributed by atoms with E-state index in [2.05, 4.69) is 44.1 Å². The Morgan fingerprint density at radius 1 is 1.29 bits per heavy atom. The highest BCUT2D eigenvalue weighted by atomic mass is 16.5. The van der Waals surface area contributed by atoms with Crippen molar-refractivity contribution in [2.45, 2.75) is 53.1 Å². The molecule has 0 radical (unpaired) electrons. The van der Waals surface area contributed by atoms with E-state index in [0.29, 0.717) is 6.04 Å². The van der Waals surface area contributed by atoms with Crippen molar-refractivity contribution in [1.29, 1.82) is 0 Å². The van der Waals surface area contributed by atoms with E-state index in [1.807, 2.05) is 6.07 Å². The molecule has 0 saturated heterocycles. The van der Waals surface area contributed by atoms with Gasteiger partial charge in [-0.3, -0.25) is 0 Å². The second kappa shape index (κ2) is 7.28. The molecule has 1 aromatic rings. The maximum atomic E-state index is 5.61. The molecule has 1 rings (SSSR count). The number of nitrogens with one attached hydrogen (secondary N) is 1. The molecule has 3 nitrogen and oxygen atoms in total. The first-order chi connectivity index (χ1) is 8.15. The van der Waals surface area contributed by atoms with Crippen LogP contribution in [0.1, 0.15) is 45.4 Å². The first-order valence-corrected chi connectivity index (χ1v) is 6.51. The van der Waals surface area contributed by atoms with Crippen LogP contribution in [0.5, 0.6) is 5.88 Å². The van der Waals surface area contributed by atoms with E-state index in [4.69, 9.17) is 4.74 Å². The van der Waals surface area contributed by atoms with Gasteiger partial charge in [-0.25, -0.2) is 4.98 Å². The van der Waals surface area contributed by atoms with Crippen molar-refractivity contribution in [3.8, 4) is 5.88 Å². The van der Waals surface area contributed by atoms with E-state index in [-0.39, 0.29) is 0 Å². The molecule has 1 aromatic heterocycles. The fraction of sp³-hybridized carbons (Fsp3) is 0.643. The molecule has 0 fully saturated rings. The summed E-state index contributed by atoms with van der Waals surface area (Å²) in [7, 11) is 0. The molecule has 0 bridgehead atoms. The zero-order valence-corrected chi connectivity index (χ0v) is 11.4. The Bertz CT molecular complexity index is 337. The molecule has 96 valence electrons. The summed E-state index contributed by atoms with van der Waals surface area (Å²) in [4.78, 5) is 4.47. The molecule has 0 atom stereocenters. The summed E-state index contributed by atoms with van der Waals surface area (Å²) in [6.45, 7) is 10.1. The Hall–Kier alpha value is -1.09. The van der Waals surface area contributed by atoms with Gasteiger partial charge in [0.25, 0.3) is 0 Å². The molecule has 1 heterocycles. The second-order valence-electron chi connectivity index (χ2n) is 4.54. The lowest BCUT2D eigenvalue weighted by Gasteiger charge is -2.11. The summed E-state index contributed by atoms with van der Waals surface area (Å²) in [6, 6.07) is 4.67. The maximum Gasteiger partial charge on any atom is 0.213 e. The van der Waals surface area contributed by atoms with Crippen LogP contribution in [0.3, 0.4) is 0 Å². The number of rotatable bonds is 7. The number of ether oxygens (including phenoxy) is 1. The lowest BCUT2D eigenvalue weighted by Crippen LogP contribution is -2.22. The fourth-order valence-electron chi connectivity index (χ4n) is 1.51. The first-order valence-electron chi connectivity index (χ1n) is 6.51. The van der Waals surface area contributed by atoms with E-state index < -0.39 is 0 Å². The van der Waals surface area contributed by atoms with Gasteiger partial charge in [0, 0.05) is 24.3 Å². The highest BCUT2D eigenvalue weighted by Crippen LogP contribution is 2.14. The second-order valence-corrected chi connectivity index (χ2v) is 4.54. The predicted molar refractivity (Wildman–Crippen MR) is 71.4 cm³/mol. The molecule has 0 aliphatic rings. The van der Waals surface area contributed by atoms with E-state index in [1.54, 1.807) is 0 Å². The van der Waals surface area contributed by atoms with Crippen LogP contribution in [0.15, 0.2) is 12.1 Å². The summed E-state index contributed by atoms with van der Waals surface area (Å²) in [6.07, 6.45) is 1.95. The largest absolute Gasteiger partial charge is 0.478 e. The van der Waals surface area contributed by atoms with Crippen molar-refractivity contribution in [2.75, 3.05) is 6.61 Å². The Labute approximate surface area is 105 Å². The molecule has 0 spiro atoms. The lowest BCUT2D eigenvalue weighted by molar-refractivity contribution is 0.304. The summed E-state index contributed by atoms with van der Waals surface area (Å²) in [5.41, 5.74) is 2.34. The molecule has 0 aromatic carbocycles. The minimum atomic E-state index is 0.494. The number of hydrogen-bond acceptors (Lipinski definition) is 3. The van der Waals surface area contributed by atoms with Gasteiger partial charge in [0.1, 0.15) is 0 Å². The first kappa shape index (κ1) is 14.0. The number of nitrogens with zero attached hydrogens (tertiary/aromatic N) is 1. The third kappa shape index (κ3) is 5.18. The third-order valence-electron chi connectivity index (χ3n) is 2.45. The van der Waals surface area contributed by atoms with Crippen molar-refractivity contribution in [3.63, 3.8) is 0 Å². The average Bonchev–Trinajstić information content (AvgIpc) is 2.33. The molecule has 0 saturated carbocycles. The topological polar surface area (TPSA) is 34.1 Å². The van der Waals surface area contributed by atoms with E-state index in [1.165, 1.54) is 5.56 Å². The highest BCUT2D eigenvalue weighted by molar-refractivity contribution is 5.25. The van der Waals surface area contributed by atoms with E-state index >= 15 is 0 Å². The van der Waals surface area contributed by atoms with Crippen LogP contribution in [0, 0.1) is 0 Å². The van der Waals surface area contributed by atoms with Gasteiger partial charge in [0.15, 0.2) is 0 Å². The van der Waals surface area contributed by atoms with Gasteiger partial charge in [-0.05, 0) is 24.5 Å². The maximum absolute atomic E-state index is 5.61. The third-order valence-corrected chi connectivity index (χ3v) is 2.45. The Morgan fingerprint density at radius 3 is 2.65 bits per heavy atom. The van der Waals surface area contributed by atoms with Gasteiger partial charge in [-0.2, -0.15) is 0 Å². The molecule has 3 heteroatoms. The smallest absolute Gasteiger partial charge is 0.213 e. The highest BCUT2D eigenvalue weighted by Gasteiger charge is 2.03. The normalized spacial score (nSPS) is 10.9. The van der Waals surface area contributed by atoms with Crippen LogP contribution in [-0.4, -0.2) is 17.6 Å². The molecule has 0 aliphatic carbocycles. The molecular weight excluding hydrogens is 212 g/mol. The average molecular weight is 236 g/mol. The van der Waals surface area contributed by atoms with Crippen molar-refractivity contribution < 1.29 is 4.74 Å². The summed E-state index contributed by atoms with van der Waals surface area (Å²) in [5, 5.41) is 3.41. The van der Waals surface area contributed by atoms with Crippen molar-refractivity contribution in [1.82, 2.24) is 10.3 Å². The molecular formula is C14H24N2O. The van der Waals surface area contributed by atoms with Crippen LogP contribution in [0.4, 0.5) is 0 Å². The molecule has 1 N–H and O–H groups in total. The van der Waals surface area contributed by atoms with Gasteiger partial charge in [-0.1, -0.05) is 27.7 Å². The Kier molecular flexibility index (Phi) is 5.98. The molecule has 17 heavy (non-hydrogen) atoms. The van der Waals surface area contributed by atoms with Gasteiger partial charge in [0.05, 0.1) is 6.61 Å². The van der Waals surface area contributed by atoms with E-state index in [0.717, 1.165) is 37.6 Å². The van der Waals surface area contributed by atoms with Crippen LogP contribution in [0.2, 0.25) is 0 Å². The van der Waals surface area contributed by atoms with Crippen LogP contribution >= 0.6 is 0 Å². The SMILES string of the molecule is CCCOc1cc(CNC(C)C)cc(CC)n1. The van der Waals surface area contributed by atoms with Crippen LogP contribution in [-0.2, 0) is 13.0 Å². The standard InChI is InChI=1S/C14H24N2O/c1-5-7-17-14-9-12(10-15-11(3)4)8-13(6-2)16-14/h8-9,11,15H,5-7,10H2,1-4H3. The quantitative estimate of drug-likeness (QED) is 0.790.